The van der Waals surface area contributed by atoms with Crippen molar-refractivity contribution in [2.75, 3.05) is 20.2 Å². The maximum absolute atomic E-state index is 11.7. The average Bonchev–Trinajstić information content (AvgIpc) is 2.33. The molecule has 2 rings (SSSR count). The summed E-state index contributed by atoms with van der Waals surface area (Å²) in [5.41, 5.74) is 0.189. The van der Waals surface area contributed by atoms with E-state index in [1.165, 1.54) is 6.08 Å². The highest BCUT2D eigenvalue weighted by Gasteiger charge is 2.38. The Hall–Kier alpha value is -1.81. The molecule has 1 aromatic rings. The molecule has 0 radical (unpaired) electrons. The van der Waals surface area contributed by atoms with Gasteiger partial charge < -0.3 is 14.7 Å². The van der Waals surface area contributed by atoms with Crippen molar-refractivity contribution >= 4 is 12.0 Å². The van der Waals surface area contributed by atoms with Crippen molar-refractivity contribution in [3.8, 4) is 5.75 Å². The second-order valence-electron chi connectivity index (χ2n) is 4.80. The van der Waals surface area contributed by atoms with Crippen molar-refractivity contribution < 1.29 is 14.6 Å². The van der Waals surface area contributed by atoms with E-state index in [0.29, 0.717) is 13.1 Å². The number of rotatable bonds is 3. The molecule has 1 saturated heterocycles. The van der Waals surface area contributed by atoms with Gasteiger partial charge in [-0.3, -0.25) is 4.79 Å². The molecule has 0 atom stereocenters. The minimum absolute atomic E-state index is 0.0793. The fourth-order valence-corrected chi connectivity index (χ4v) is 1.95. The number of likely N-dealkylation sites (tertiary alicyclic amines) is 1. The molecule has 0 saturated carbocycles. The third-order valence-corrected chi connectivity index (χ3v) is 2.89. The predicted molar refractivity (Wildman–Crippen MR) is 69.2 cm³/mol. The summed E-state index contributed by atoms with van der Waals surface area (Å²) >= 11 is 0. The number of methoxy groups -OCH3 is 1. The first-order chi connectivity index (χ1) is 8.50. The number of aliphatic hydroxyl groups is 1. The van der Waals surface area contributed by atoms with E-state index in [0.717, 1.165) is 11.3 Å². The smallest absolute Gasteiger partial charge is 0.246 e. The molecule has 1 fully saturated rings. The monoisotopic (exact) mass is 247 g/mol. The highest BCUT2D eigenvalue weighted by Crippen LogP contribution is 2.20. The molecule has 1 aliphatic rings. The fraction of sp³-hybridized carbons (Fsp3) is 0.357. The summed E-state index contributed by atoms with van der Waals surface area (Å²) in [6.45, 7) is 2.52. The van der Waals surface area contributed by atoms with Crippen LogP contribution in [0.2, 0.25) is 0 Å². The second kappa shape index (κ2) is 4.82. The van der Waals surface area contributed by atoms with Gasteiger partial charge in [-0.25, -0.2) is 0 Å². The van der Waals surface area contributed by atoms with Crippen LogP contribution in [-0.2, 0) is 4.79 Å². The lowest BCUT2D eigenvalue weighted by Gasteiger charge is -2.43. The van der Waals surface area contributed by atoms with E-state index in [4.69, 9.17) is 4.74 Å². The molecule has 0 bridgehead atoms. The van der Waals surface area contributed by atoms with Crippen LogP contribution in [0.4, 0.5) is 0 Å². The third-order valence-electron chi connectivity index (χ3n) is 2.89. The predicted octanol–water partition coefficient (Wildman–Crippen LogP) is 1.30. The average molecular weight is 247 g/mol. The zero-order valence-corrected chi connectivity index (χ0v) is 10.6. The summed E-state index contributed by atoms with van der Waals surface area (Å²) in [4.78, 5) is 13.3. The van der Waals surface area contributed by atoms with Crippen molar-refractivity contribution in [1.82, 2.24) is 4.90 Å². The molecule has 4 heteroatoms. The zero-order chi connectivity index (χ0) is 13.2. The molecular formula is C14H17NO3. The minimum atomic E-state index is -0.723. The van der Waals surface area contributed by atoms with Crippen LogP contribution in [0.15, 0.2) is 30.3 Å². The van der Waals surface area contributed by atoms with E-state index >= 15 is 0 Å². The van der Waals surface area contributed by atoms with E-state index in [9.17, 15) is 9.90 Å². The van der Waals surface area contributed by atoms with Crippen LogP contribution in [-0.4, -0.2) is 41.7 Å². The zero-order valence-electron chi connectivity index (χ0n) is 10.6. The second-order valence-corrected chi connectivity index (χ2v) is 4.80. The summed E-state index contributed by atoms with van der Waals surface area (Å²) in [7, 11) is 1.61. The number of carbonyl (C=O) groups is 1. The summed E-state index contributed by atoms with van der Waals surface area (Å²) in [5, 5.41) is 9.55. The molecule has 96 valence electrons. The summed E-state index contributed by atoms with van der Waals surface area (Å²) in [5.74, 6) is 0.681. The molecule has 0 aliphatic carbocycles. The Bertz CT molecular complexity index is 472. The summed E-state index contributed by atoms with van der Waals surface area (Å²) < 4.78 is 5.11. The molecule has 0 unspecified atom stereocenters. The molecule has 1 heterocycles. The first-order valence-electron chi connectivity index (χ1n) is 5.84. The van der Waals surface area contributed by atoms with Crippen LogP contribution < -0.4 is 4.74 Å². The molecule has 18 heavy (non-hydrogen) atoms. The van der Waals surface area contributed by atoms with Gasteiger partial charge in [0.25, 0.3) is 0 Å². The molecule has 4 nitrogen and oxygen atoms in total. The number of amides is 1. The molecule has 1 aliphatic heterocycles. The van der Waals surface area contributed by atoms with Gasteiger partial charge in [0.05, 0.1) is 25.8 Å². The lowest BCUT2D eigenvalue weighted by Crippen LogP contribution is -2.61. The number of nitrogens with zero attached hydrogens (tertiary/aromatic N) is 1. The van der Waals surface area contributed by atoms with E-state index in [1.807, 2.05) is 24.3 Å². The fourth-order valence-electron chi connectivity index (χ4n) is 1.95. The van der Waals surface area contributed by atoms with Gasteiger partial charge in [0.15, 0.2) is 0 Å². The van der Waals surface area contributed by atoms with E-state index in [-0.39, 0.29) is 5.91 Å². The highest BCUT2D eigenvalue weighted by molar-refractivity contribution is 5.92. The summed E-state index contributed by atoms with van der Waals surface area (Å²) in [6.07, 6.45) is 3.27. The lowest BCUT2D eigenvalue weighted by atomic mass is 9.97. The van der Waals surface area contributed by atoms with Crippen molar-refractivity contribution in [2.45, 2.75) is 12.5 Å². The van der Waals surface area contributed by atoms with Crippen LogP contribution in [0.5, 0.6) is 5.75 Å². The first kappa shape index (κ1) is 12.6. The van der Waals surface area contributed by atoms with Crippen molar-refractivity contribution in [2.24, 2.45) is 0 Å². The van der Waals surface area contributed by atoms with Gasteiger partial charge in [-0.15, -0.1) is 0 Å². The van der Waals surface area contributed by atoms with Gasteiger partial charge in [-0.2, -0.15) is 0 Å². The quantitative estimate of drug-likeness (QED) is 0.819. The Balaban J connectivity index is 1.96. The Labute approximate surface area is 106 Å². The largest absolute Gasteiger partial charge is 0.497 e. The Morgan fingerprint density at radius 1 is 1.50 bits per heavy atom. The number of ether oxygens (including phenoxy) is 1. The SMILES string of the molecule is COc1cccc(C=CC(=O)N2CC(C)(O)C2)c1. The molecule has 0 aromatic heterocycles. The van der Waals surface area contributed by atoms with Crippen LogP contribution in [0.3, 0.4) is 0 Å². The van der Waals surface area contributed by atoms with Crippen molar-refractivity contribution in [1.29, 1.82) is 0 Å². The van der Waals surface area contributed by atoms with Crippen LogP contribution in [0, 0.1) is 0 Å². The topological polar surface area (TPSA) is 49.8 Å². The number of carbonyl (C=O) groups excluding carboxylic acids is 1. The van der Waals surface area contributed by atoms with Crippen LogP contribution in [0.1, 0.15) is 12.5 Å². The number of hydrogen-bond donors (Lipinski definition) is 1. The normalized spacial score (nSPS) is 17.6. The Kier molecular flexibility index (Phi) is 3.39. The Morgan fingerprint density at radius 2 is 2.22 bits per heavy atom. The maximum atomic E-state index is 11.7. The van der Waals surface area contributed by atoms with E-state index in [2.05, 4.69) is 0 Å². The highest BCUT2D eigenvalue weighted by atomic mass is 16.5. The van der Waals surface area contributed by atoms with Crippen LogP contribution >= 0.6 is 0 Å². The third kappa shape index (κ3) is 2.90. The summed E-state index contributed by atoms with van der Waals surface area (Å²) in [6, 6.07) is 7.48. The molecule has 1 amide bonds. The van der Waals surface area contributed by atoms with Crippen molar-refractivity contribution in [3.05, 3.63) is 35.9 Å². The van der Waals surface area contributed by atoms with E-state index < -0.39 is 5.60 Å². The molecular weight excluding hydrogens is 230 g/mol. The molecule has 0 spiro atoms. The van der Waals surface area contributed by atoms with Gasteiger partial charge >= 0.3 is 0 Å². The maximum Gasteiger partial charge on any atom is 0.246 e. The molecule has 1 aromatic carbocycles. The van der Waals surface area contributed by atoms with Gasteiger partial charge in [-0.05, 0) is 30.7 Å². The number of hydrogen-bond acceptors (Lipinski definition) is 3. The van der Waals surface area contributed by atoms with Gasteiger partial charge in [-0.1, -0.05) is 12.1 Å². The van der Waals surface area contributed by atoms with Gasteiger partial charge in [0.1, 0.15) is 5.75 Å². The number of β-amino-alcohol motifs (C(OH)–C–C–N with tert-alkyl or cyclic N) is 1. The minimum Gasteiger partial charge on any atom is -0.497 e. The standard InChI is InChI=1S/C14H17NO3/c1-14(17)9-15(10-14)13(16)7-6-11-4-3-5-12(8-11)18-2/h3-8,17H,9-10H2,1-2H3. The van der Waals surface area contributed by atoms with E-state index in [1.54, 1.807) is 25.0 Å². The Morgan fingerprint density at radius 3 is 2.83 bits per heavy atom. The first-order valence-corrected chi connectivity index (χ1v) is 5.84. The van der Waals surface area contributed by atoms with Crippen molar-refractivity contribution in [3.63, 3.8) is 0 Å². The van der Waals surface area contributed by atoms with Crippen LogP contribution in [0.25, 0.3) is 6.08 Å². The molecule has 1 N–H and O–H groups in total. The van der Waals surface area contributed by atoms with Gasteiger partial charge in [0, 0.05) is 6.08 Å². The van der Waals surface area contributed by atoms with Gasteiger partial charge in [0.2, 0.25) is 5.91 Å². The number of benzene rings is 1. The lowest BCUT2D eigenvalue weighted by molar-refractivity contribution is -0.146.